The predicted molar refractivity (Wildman–Crippen MR) is 144 cm³/mol. The maximum Gasteiger partial charge on any atom is 0.323 e. The van der Waals surface area contributed by atoms with Gasteiger partial charge in [0.2, 0.25) is 0 Å². The van der Waals surface area contributed by atoms with Crippen molar-refractivity contribution in [3.8, 4) is 5.75 Å². The van der Waals surface area contributed by atoms with E-state index >= 15 is 0 Å². The molecule has 6 nitrogen and oxygen atoms in total. The normalized spacial score (nSPS) is 28.6. The SMILES string of the molecule is COC(=O)C1(C(=O)OC)C[C@H]2C[C@H]3O[C@]24c2c(c5ccccc5c5cccc3c25)[C@@H](c2ccccc2OC)[C@H]14. The van der Waals surface area contributed by atoms with E-state index in [1.165, 1.54) is 30.6 Å². The highest BCUT2D eigenvalue weighted by atomic mass is 16.6. The molecule has 0 radical (unpaired) electrons. The standard InChI is InChI=1S/C33H28O6/c1-36-23-14-7-6-11-21(23)27-26-20-10-5-4-9-18(20)19-12-8-13-22-24-15-17-16-32(30(34)37-2,31(35)38-3)29(27)33(17,39-24)28(26)25(19)22/h4-14,17,24,27,29H,15-16H2,1-3H3/t17-,24-,27-,29-,33+/m1/s1. The Morgan fingerprint density at radius 1 is 0.821 bits per heavy atom. The van der Waals surface area contributed by atoms with Crippen LogP contribution in [0.3, 0.4) is 0 Å². The second-order valence-electron chi connectivity index (χ2n) is 11.3. The Hall–Kier alpha value is -3.90. The molecule has 2 fully saturated rings. The second-order valence-corrected chi connectivity index (χ2v) is 11.3. The molecule has 39 heavy (non-hydrogen) atoms. The van der Waals surface area contributed by atoms with E-state index in [9.17, 15) is 9.59 Å². The van der Waals surface area contributed by atoms with Gasteiger partial charge in [-0.3, -0.25) is 9.59 Å². The lowest BCUT2D eigenvalue weighted by Gasteiger charge is -2.40. The number of hydrogen-bond acceptors (Lipinski definition) is 6. The molecule has 2 aliphatic carbocycles. The summed E-state index contributed by atoms with van der Waals surface area (Å²) < 4.78 is 23.9. The van der Waals surface area contributed by atoms with E-state index in [0.717, 1.165) is 33.9 Å². The van der Waals surface area contributed by atoms with Gasteiger partial charge in [0, 0.05) is 17.4 Å². The number of fused-ring (bicyclic) bond motifs is 5. The lowest BCUT2D eigenvalue weighted by atomic mass is 9.67. The zero-order chi connectivity index (χ0) is 26.7. The van der Waals surface area contributed by atoms with Crippen molar-refractivity contribution in [3.63, 3.8) is 0 Å². The highest BCUT2D eigenvalue weighted by Crippen LogP contribution is 2.78. The van der Waals surface area contributed by atoms with Crippen molar-refractivity contribution in [2.75, 3.05) is 21.3 Å². The number of rotatable bonds is 4. The molecule has 1 spiro atoms. The van der Waals surface area contributed by atoms with Gasteiger partial charge in [-0.05, 0) is 63.1 Å². The summed E-state index contributed by atoms with van der Waals surface area (Å²) in [6.07, 6.45) is 0.947. The molecule has 4 aromatic rings. The molecule has 0 amide bonds. The summed E-state index contributed by atoms with van der Waals surface area (Å²) in [5, 5.41) is 4.65. The van der Waals surface area contributed by atoms with Gasteiger partial charge in [-0.25, -0.2) is 0 Å². The Morgan fingerprint density at radius 2 is 1.49 bits per heavy atom. The average molecular weight is 521 g/mol. The lowest BCUT2D eigenvalue weighted by molar-refractivity contribution is -0.180. The van der Waals surface area contributed by atoms with E-state index in [4.69, 9.17) is 18.9 Å². The molecular weight excluding hydrogens is 492 g/mol. The molecule has 196 valence electrons. The number of carbonyl (C=O) groups is 2. The summed E-state index contributed by atoms with van der Waals surface area (Å²) in [5.41, 5.74) is 2.00. The summed E-state index contributed by atoms with van der Waals surface area (Å²) in [6, 6.07) is 22.8. The van der Waals surface area contributed by atoms with E-state index < -0.39 is 28.9 Å². The van der Waals surface area contributed by atoms with Crippen LogP contribution in [0.5, 0.6) is 5.75 Å². The van der Waals surface area contributed by atoms with Crippen LogP contribution in [-0.2, 0) is 29.4 Å². The Bertz CT molecular complexity index is 1720. The molecule has 1 saturated carbocycles. The van der Waals surface area contributed by atoms with Crippen molar-refractivity contribution in [3.05, 3.63) is 89.0 Å². The van der Waals surface area contributed by atoms with Gasteiger partial charge < -0.3 is 18.9 Å². The molecule has 5 atom stereocenters. The third-order valence-electron chi connectivity index (χ3n) is 10.1. The highest BCUT2D eigenvalue weighted by Gasteiger charge is 2.79. The summed E-state index contributed by atoms with van der Waals surface area (Å²) >= 11 is 0. The summed E-state index contributed by atoms with van der Waals surface area (Å²) in [4.78, 5) is 27.8. The number of methoxy groups -OCH3 is 3. The first-order valence-corrected chi connectivity index (χ1v) is 13.5. The molecule has 2 aliphatic heterocycles. The van der Waals surface area contributed by atoms with Crippen LogP contribution in [-0.4, -0.2) is 33.3 Å². The third kappa shape index (κ3) is 2.44. The van der Waals surface area contributed by atoms with Crippen LogP contribution >= 0.6 is 0 Å². The molecule has 6 heteroatoms. The summed E-state index contributed by atoms with van der Waals surface area (Å²) in [7, 11) is 4.37. The first-order valence-electron chi connectivity index (χ1n) is 13.5. The minimum absolute atomic E-state index is 0.0547. The molecule has 1 saturated heterocycles. The summed E-state index contributed by atoms with van der Waals surface area (Å²) in [5.74, 6) is -1.39. The van der Waals surface area contributed by atoms with Crippen molar-refractivity contribution >= 4 is 33.5 Å². The smallest absolute Gasteiger partial charge is 0.323 e. The van der Waals surface area contributed by atoms with Gasteiger partial charge in [-0.2, -0.15) is 0 Å². The first kappa shape index (κ1) is 23.0. The van der Waals surface area contributed by atoms with Crippen molar-refractivity contribution in [2.24, 2.45) is 17.3 Å². The van der Waals surface area contributed by atoms with Crippen LogP contribution in [0.1, 0.15) is 47.1 Å². The van der Waals surface area contributed by atoms with E-state index in [1.54, 1.807) is 7.11 Å². The molecule has 0 aromatic heterocycles. The van der Waals surface area contributed by atoms with Crippen LogP contribution in [0.15, 0.2) is 66.7 Å². The van der Waals surface area contributed by atoms with E-state index in [2.05, 4.69) is 42.5 Å². The zero-order valence-electron chi connectivity index (χ0n) is 22.0. The topological polar surface area (TPSA) is 71.1 Å². The fourth-order valence-electron chi connectivity index (χ4n) is 8.98. The van der Waals surface area contributed by atoms with Gasteiger partial charge in [0.05, 0.1) is 27.4 Å². The highest BCUT2D eigenvalue weighted by molar-refractivity contribution is 6.14. The van der Waals surface area contributed by atoms with Crippen LogP contribution < -0.4 is 4.74 Å². The number of esters is 2. The van der Waals surface area contributed by atoms with Gasteiger partial charge >= 0.3 is 11.9 Å². The van der Waals surface area contributed by atoms with E-state index in [1.807, 2.05) is 24.3 Å². The molecule has 8 rings (SSSR count). The average Bonchev–Trinajstić information content (AvgIpc) is 3.56. The molecule has 0 unspecified atom stereocenters. The Kier molecular flexibility index (Phi) is 4.49. The minimum atomic E-state index is -1.52. The Morgan fingerprint density at radius 3 is 2.23 bits per heavy atom. The number of hydrogen-bond donors (Lipinski definition) is 0. The van der Waals surface area contributed by atoms with Crippen LogP contribution in [0, 0.1) is 17.3 Å². The van der Waals surface area contributed by atoms with Gasteiger partial charge in [0.1, 0.15) is 11.4 Å². The van der Waals surface area contributed by atoms with Gasteiger partial charge in [0.25, 0.3) is 0 Å². The first-order chi connectivity index (χ1) is 19.0. The largest absolute Gasteiger partial charge is 0.496 e. The molecule has 0 N–H and O–H groups in total. The van der Waals surface area contributed by atoms with E-state index in [-0.39, 0.29) is 17.9 Å². The van der Waals surface area contributed by atoms with Crippen molar-refractivity contribution in [1.29, 1.82) is 0 Å². The Balaban J connectivity index is 1.60. The third-order valence-corrected chi connectivity index (χ3v) is 10.1. The van der Waals surface area contributed by atoms with Crippen molar-refractivity contribution < 1.29 is 28.5 Å². The second kappa shape index (κ2) is 7.60. The maximum atomic E-state index is 13.9. The molecule has 2 heterocycles. The number of ether oxygens (including phenoxy) is 4. The monoisotopic (exact) mass is 520 g/mol. The number of benzene rings is 4. The Labute approximate surface area is 225 Å². The van der Waals surface area contributed by atoms with Crippen molar-refractivity contribution in [1.82, 2.24) is 0 Å². The van der Waals surface area contributed by atoms with Gasteiger partial charge in [-0.15, -0.1) is 0 Å². The van der Waals surface area contributed by atoms with Crippen LogP contribution in [0.4, 0.5) is 0 Å². The van der Waals surface area contributed by atoms with Crippen LogP contribution in [0.2, 0.25) is 0 Å². The summed E-state index contributed by atoms with van der Waals surface area (Å²) in [6.45, 7) is 0. The zero-order valence-corrected chi connectivity index (χ0v) is 22.0. The molecular formula is C33H28O6. The molecule has 4 aromatic carbocycles. The number of carbonyl (C=O) groups excluding carboxylic acids is 2. The molecule has 4 aliphatic rings. The maximum absolute atomic E-state index is 13.9. The van der Waals surface area contributed by atoms with E-state index in [0.29, 0.717) is 12.2 Å². The van der Waals surface area contributed by atoms with Crippen LogP contribution in [0.25, 0.3) is 21.5 Å². The van der Waals surface area contributed by atoms with Gasteiger partial charge in [-0.1, -0.05) is 60.7 Å². The van der Waals surface area contributed by atoms with Gasteiger partial charge in [0.15, 0.2) is 5.41 Å². The van der Waals surface area contributed by atoms with Crippen molar-refractivity contribution in [2.45, 2.75) is 30.5 Å². The number of para-hydroxylation sites is 1. The fourth-order valence-corrected chi connectivity index (χ4v) is 8.98. The molecule has 2 bridgehead atoms. The predicted octanol–water partition coefficient (Wildman–Crippen LogP) is 5.79. The quantitative estimate of drug-likeness (QED) is 0.193. The minimum Gasteiger partial charge on any atom is -0.496 e. The lowest BCUT2D eigenvalue weighted by Crippen LogP contribution is -2.50. The fraction of sp³-hybridized carbons (Fsp3) is 0.333.